The third-order valence-corrected chi connectivity index (χ3v) is 5.89. The Morgan fingerprint density at radius 1 is 1.33 bits per heavy atom. The number of thioether (sulfide) groups is 1. The van der Waals surface area contributed by atoms with Crippen molar-refractivity contribution in [3.8, 4) is 0 Å². The van der Waals surface area contributed by atoms with E-state index in [1.54, 1.807) is 18.2 Å². The maximum Gasteiger partial charge on any atom is 0.233 e. The minimum Gasteiger partial charge on any atom is -0.352 e. The lowest BCUT2D eigenvalue weighted by molar-refractivity contribution is -0.120. The van der Waals surface area contributed by atoms with Gasteiger partial charge >= 0.3 is 0 Å². The molecule has 1 aromatic heterocycles. The molecule has 128 valence electrons. The molecule has 8 heteroatoms. The second-order valence-corrected chi connectivity index (χ2v) is 8.29. The number of halogens is 1. The predicted octanol–water partition coefficient (Wildman–Crippen LogP) is 3.96. The molecule has 24 heavy (non-hydrogen) atoms. The summed E-state index contributed by atoms with van der Waals surface area (Å²) in [4.78, 5) is 12.2. The van der Waals surface area contributed by atoms with E-state index < -0.39 is 0 Å². The maximum absolute atomic E-state index is 13.6. The highest BCUT2D eigenvalue weighted by atomic mass is 32.2. The molecule has 1 saturated carbocycles. The lowest BCUT2D eigenvalue weighted by atomic mass is 10.2. The quantitative estimate of drug-likeness (QED) is 0.758. The molecule has 1 aromatic carbocycles. The van der Waals surface area contributed by atoms with Crippen molar-refractivity contribution in [2.45, 2.75) is 48.2 Å². The van der Waals surface area contributed by atoms with Crippen LogP contribution in [0, 0.1) is 5.82 Å². The van der Waals surface area contributed by atoms with Crippen LogP contribution in [0.1, 0.15) is 32.6 Å². The topological polar surface area (TPSA) is 66.9 Å². The van der Waals surface area contributed by atoms with Gasteiger partial charge in [0.05, 0.1) is 10.9 Å². The third-order valence-electron chi connectivity index (χ3n) is 3.87. The number of hydrogen-bond donors (Lipinski definition) is 2. The van der Waals surface area contributed by atoms with Crippen LogP contribution in [0.4, 0.5) is 15.2 Å². The summed E-state index contributed by atoms with van der Waals surface area (Å²) in [6, 6.07) is 6.72. The van der Waals surface area contributed by atoms with Crippen LogP contribution >= 0.6 is 23.1 Å². The van der Waals surface area contributed by atoms with Crippen molar-refractivity contribution in [1.82, 2.24) is 15.5 Å². The highest BCUT2D eigenvalue weighted by molar-refractivity contribution is 8.02. The van der Waals surface area contributed by atoms with E-state index >= 15 is 0 Å². The van der Waals surface area contributed by atoms with E-state index in [0.29, 0.717) is 21.2 Å². The summed E-state index contributed by atoms with van der Waals surface area (Å²) >= 11 is 2.68. The van der Waals surface area contributed by atoms with Crippen LogP contribution in [0.15, 0.2) is 28.6 Å². The summed E-state index contributed by atoms with van der Waals surface area (Å²) in [5, 5.41) is 14.3. The predicted molar refractivity (Wildman–Crippen MR) is 95.3 cm³/mol. The molecule has 1 atom stereocenters. The van der Waals surface area contributed by atoms with E-state index in [1.165, 1.54) is 42.0 Å². The molecule has 0 spiro atoms. The van der Waals surface area contributed by atoms with E-state index in [0.717, 1.165) is 12.8 Å². The van der Waals surface area contributed by atoms with E-state index in [-0.39, 0.29) is 17.0 Å². The van der Waals surface area contributed by atoms with Gasteiger partial charge in [-0.2, -0.15) is 0 Å². The molecular formula is C16H19FN4OS2. The van der Waals surface area contributed by atoms with Gasteiger partial charge in [0.15, 0.2) is 4.34 Å². The summed E-state index contributed by atoms with van der Waals surface area (Å²) < 4.78 is 14.3. The number of carbonyl (C=O) groups excluding carboxylic acids is 1. The zero-order valence-corrected chi connectivity index (χ0v) is 14.9. The zero-order chi connectivity index (χ0) is 16.9. The fourth-order valence-electron chi connectivity index (χ4n) is 2.58. The highest BCUT2D eigenvalue weighted by Gasteiger charge is 2.22. The first-order valence-corrected chi connectivity index (χ1v) is 9.63. The van der Waals surface area contributed by atoms with Gasteiger partial charge < -0.3 is 10.6 Å². The third kappa shape index (κ3) is 4.45. The van der Waals surface area contributed by atoms with Crippen LogP contribution in [0.3, 0.4) is 0 Å². The van der Waals surface area contributed by atoms with E-state index in [1.807, 2.05) is 6.92 Å². The van der Waals surface area contributed by atoms with Gasteiger partial charge in [0.2, 0.25) is 11.0 Å². The van der Waals surface area contributed by atoms with E-state index in [2.05, 4.69) is 20.8 Å². The molecule has 2 N–H and O–H groups in total. The number of nitrogens with zero attached hydrogens (tertiary/aromatic N) is 2. The molecule has 1 heterocycles. The fourth-order valence-corrected chi connectivity index (χ4v) is 4.50. The standard InChI is InChI=1S/C16H19FN4OS2/c1-10(14(22)18-11-6-2-3-7-11)23-16-21-20-15(24-16)19-13-9-5-4-8-12(13)17/h4-5,8-11H,2-3,6-7H2,1H3,(H,18,22)(H,19,20). The average molecular weight is 366 g/mol. The van der Waals surface area contributed by atoms with Crippen molar-refractivity contribution in [3.63, 3.8) is 0 Å². The number of nitrogens with one attached hydrogen (secondary N) is 2. The van der Waals surface area contributed by atoms with Gasteiger partial charge in [0.25, 0.3) is 0 Å². The summed E-state index contributed by atoms with van der Waals surface area (Å²) in [6.45, 7) is 1.86. The number of amides is 1. The Bertz CT molecular complexity index is 703. The van der Waals surface area contributed by atoms with Crippen molar-refractivity contribution in [2.24, 2.45) is 0 Å². The molecule has 1 unspecified atom stereocenters. The smallest absolute Gasteiger partial charge is 0.233 e. The Balaban J connectivity index is 1.55. The molecule has 0 aliphatic heterocycles. The molecule has 3 rings (SSSR count). The molecule has 1 aliphatic rings. The minimum atomic E-state index is -0.341. The second kappa shape index (κ2) is 7.94. The van der Waals surface area contributed by atoms with Gasteiger partial charge in [-0.25, -0.2) is 4.39 Å². The number of benzene rings is 1. The van der Waals surface area contributed by atoms with Crippen LogP contribution in [0.25, 0.3) is 0 Å². The Hall–Kier alpha value is -1.67. The van der Waals surface area contributed by atoms with Crippen LogP contribution in [-0.4, -0.2) is 27.4 Å². The van der Waals surface area contributed by atoms with Crippen molar-refractivity contribution in [2.75, 3.05) is 5.32 Å². The molecule has 1 amide bonds. The lowest BCUT2D eigenvalue weighted by Gasteiger charge is -2.15. The maximum atomic E-state index is 13.6. The number of carbonyl (C=O) groups is 1. The van der Waals surface area contributed by atoms with Gasteiger partial charge in [-0.05, 0) is 31.9 Å². The Kier molecular flexibility index (Phi) is 5.68. The highest BCUT2D eigenvalue weighted by Crippen LogP contribution is 2.31. The number of rotatable bonds is 6. The van der Waals surface area contributed by atoms with Gasteiger partial charge in [0.1, 0.15) is 5.82 Å². The van der Waals surface area contributed by atoms with Crippen molar-refractivity contribution in [3.05, 3.63) is 30.1 Å². The number of anilines is 2. The largest absolute Gasteiger partial charge is 0.352 e. The summed E-state index contributed by atoms with van der Waals surface area (Å²) in [5.41, 5.74) is 0.359. The Labute approximate surface area is 148 Å². The summed E-state index contributed by atoms with van der Waals surface area (Å²) in [5.74, 6) is -0.308. The van der Waals surface area contributed by atoms with Crippen molar-refractivity contribution < 1.29 is 9.18 Å². The van der Waals surface area contributed by atoms with Crippen LogP contribution < -0.4 is 10.6 Å². The second-order valence-electron chi connectivity index (χ2n) is 5.73. The van der Waals surface area contributed by atoms with Crippen LogP contribution in [0.2, 0.25) is 0 Å². The first kappa shape index (κ1) is 17.2. The zero-order valence-electron chi connectivity index (χ0n) is 13.3. The minimum absolute atomic E-state index is 0.0331. The van der Waals surface area contributed by atoms with Crippen molar-refractivity contribution in [1.29, 1.82) is 0 Å². The molecule has 0 saturated heterocycles. The molecule has 1 fully saturated rings. The van der Waals surface area contributed by atoms with Gasteiger partial charge in [-0.3, -0.25) is 4.79 Å². The molecule has 2 aromatic rings. The van der Waals surface area contributed by atoms with Crippen molar-refractivity contribution >= 4 is 39.8 Å². The normalized spacial score (nSPS) is 16.1. The first-order chi connectivity index (χ1) is 11.6. The number of para-hydroxylation sites is 1. The molecule has 0 radical (unpaired) electrons. The molecule has 1 aliphatic carbocycles. The average Bonchev–Trinajstić information content (AvgIpc) is 3.22. The molecular weight excluding hydrogens is 347 g/mol. The van der Waals surface area contributed by atoms with Crippen LogP contribution in [0.5, 0.6) is 0 Å². The number of hydrogen-bond acceptors (Lipinski definition) is 6. The van der Waals surface area contributed by atoms with Gasteiger partial charge in [-0.15, -0.1) is 10.2 Å². The number of aromatic nitrogens is 2. The van der Waals surface area contributed by atoms with E-state index in [4.69, 9.17) is 0 Å². The fraction of sp³-hybridized carbons (Fsp3) is 0.438. The monoisotopic (exact) mass is 366 g/mol. The molecule has 0 bridgehead atoms. The van der Waals surface area contributed by atoms with Gasteiger partial charge in [-0.1, -0.05) is 48.1 Å². The van der Waals surface area contributed by atoms with E-state index in [9.17, 15) is 9.18 Å². The summed E-state index contributed by atoms with van der Waals surface area (Å²) in [7, 11) is 0. The molecule has 5 nitrogen and oxygen atoms in total. The lowest BCUT2D eigenvalue weighted by Crippen LogP contribution is -2.37. The Morgan fingerprint density at radius 3 is 2.83 bits per heavy atom. The Morgan fingerprint density at radius 2 is 2.08 bits per heavy atom. The first-order valence-electron chi connectivity index (χ1n) is 7.94. The SMILES string of the molecule is CC(Sc1nnc(Nc2ccccc2F)s1)C(=O)NC1CCCC1. The summed E-state index contributed by atoms with van der Waals surface area (Å²) in [6.07, 6.45) is 4.51. The van der Waals surface area contributed by atoms with Gasteiger partial charge in [0, 0.05) is 6.04 Å². The van der Waals surface area contributed by atoms with Crippen LogP contribution in [-0.2, 0) is 4.79 Å².